The lowest BCUT2D eigenvalue weighted by Gasteiger charge is -2.11. The summed E-state index contributed by atoms with van der Waals surface area (Å²) < 4.78 is 50.5. The van der Waals surface area contributed by atoms with E-state index in [1.807, 2.05) is 0 Å². The summed E-state index contributed by atoms with van der Waals surface area (Å²) in [6.45, 7) is 0.109. The van der Waals surface area contributed by atoms with Crippen LogP contribution in [-0.2, 0) is 17.5 Å². The molecule has 2 aromatic rings. The van der Waals surface area contributed by atoms with Crippen LogP contribution in [0.25, 0.3) is 0 Å². The Morgan fingerprint density at radius 3 is 2.63 bits per heavy atom. The predicted octanol–water partition coefficient (Wildman–Crippen LogP) is 2.98. The smallest absolute Gasteiger partial charge is 0.435 e. The van der Waals surface area contributed by atoms with E-state index in [1.165, 1.54) is 11.8 Å². The van der Waals surface area contributed by atoms with Gasteiger partial charge in [0.1, 0.15) is 0 Å². The first-order valence-electron chi connectivity index (χ1n) is 8.56. The first-order valence-corrected chi connectivity index (χ1v) is 8.56. The van der Waals surface area contributed by atoms with E-state index in [0.717, 1.165) is 18.9 Å². The predicted molar refractivity (Wildman–Crippen MR) is 90.7 cm³/mol. The number of ether oxygens (including phenoxy) is 2. The van der Waals surface area contributed by atoms with E-state index in [9.17, 15) is 18.0 Å². The van der Waals surface area contributed by atoms with Crippen molar-refractivity contribution in [3.05, 3.63) is 41.7 Å². The van der Waals surface area contributed by atoms with Gasteiger partial charge in [0.25, 0.3) is 5.91 Å². The topological polar surface area (TPSA) is 65.4 Å². The van der Waals surface area contributed by atoms with Crippen molar-refractivity contribution in [1.29, 1.82) is 0 Å². The quantitative estimate of drug-likeness (QED) is 0.761. The van der Waals surface area contributed by atoms with Crippen LogP contribution in [0, 0.1) is 0 Å². The number of carbonyl (C=O) groups is 1. The Morgan fingerprint density at radius 1 is 1.30 bits per heavy atom. The molecule has 1 aromatic heterocycles. The number of rotatable bonds is 8. The van der Waals surface area contributed by atoms with E-state index in [1.54, 1.807) is 24.3 Å². The zero-order valence-corrected chi connectivity index (χ0v) is 14.8. The molecule has 3 rings (SSSR count). The van der Waals surface area contributed by atoms with Crippen molar-refractivity contribution < 1.29 is 27.4 Å². The normalized spacial score (nSPS) is 14.1. The number of para-hydroxylation sites is 2. The van der Waals surface area contributed by atoms with Gasteiger partial charge in [0, 0.05) is 18.2 Å². The Bertz CT molecular complexity index is 801. The lowest BCUT2D eigenvalue weighted by molar-refractivity contribution is -0.141. The fraction of sp³-hybridized carbons (Fsp3) is 0.444. The van der Waals surface area contributed by atoms with Gasteiger partial charge in [0.2, 0.25) is 0 Å². The van der Waals surface area contributed by atoms with Crippen molar-refractivity contribution in [2.45, 2.75) is 31.5 Å². The van der Waals surface area contributed by atoms with Gasteiger partial charge in [-0.3, -0.25) is 9.48 Å². The molecule has 0 atom stereocenters. The Labute approximate surface area is 154 Å². The molecule has 1 aliphatic carbocycles. The summed E-state index contributed by atoms with van der Waals surface area (Å²) in [6.07, 6.45) is -2.75. The van der Waals surface area contributed by atoms with Gasteiger partial charge in [0.15, 0.2) is 23.8 Å². The van der Waals surface area contributed by atoms with Gasteiger partial charge in [-0.1, -0.05) is 12.1 Å². The van der Waals surface area contributed by atoms with Gasteiger partial charge in [-0.05, 0) is 31.0 Å². The molecule has 9 heteroatoms. The van der Waals surface area contributed by atoms with Crippen molar-refractivity contribution in [3.8, 4) is 11.5 Å². The number of alkyl halides is 3. The molecule has 146 valence electrons. The second-order valence-corrected chi connectivity index (χ2v) is 6.24. The van der Waals surface area contributed by atoms with Crippen molar-refractivity contribution in [2.75, 3.05) is 20.3 Å². The third kappa shape index (κ3) is 4.93. The number of carbonyl (C=O) groups excluding carboxylic acids is 1. The maximum atomic E-state index is 12.9. The van der Waals surface area contributed by atoms with E-state index < -0.39 is 11.9 Å². The molecule has 0 aliphatic heterocycles. The molecule has 1 aliphatic rings. The summed E-state index contributed by atoms with van der Waals surface area (Å²) in [7, 11) is 1.50. The average Bonchev–Trinajstić information content (AvgIpc) is 3.39. The van der Waals surface area contributed by atoms with Crippen LogP contribution >= 0.6 is 0 Å². The first kappa shape index (κ1) is 19.1. The highest BCUT2D eigenvalue weighted by Gasteiger charge is 2.37. The highest BCUT2D eigenvalue weighted by Crippen LogP contribution is 2.42. The molecular formula is C18H20F3N3O3. The van der Waals surface area contributed by atoms with Gasteiger partial charge in [-0.2, -0.15) is 18.3 Å². The zero-order valence-electron chi connectivity index (χ0n) is 14.8. The third-order valence-corrected chi connectivity index (χ3v) is 4.17. The number of hydrogen-bond acceptors (Lipinski definition) is 4. The molecule has 1 fully saturated rings. The lowest BCUT2D eigenvalue weighted by Crippen LogP contribution is -2.32. The first-order chi connectivity index (χ1) is 12.9. The van der Waals surface area contributed by atoms with Crippen molar-refractivity contribution in [2.24, 2.45) is 0 Å². The molecule has 27 heavy (non-hydrogen) atoms. The second kappa shape index (κ2) is 7.89. The van der Waals surface area contributed by atoms with Gasteiger partial charge in [-0.15, -0.1) is 0 Å². The fourth-order valence-electron chi connectivity index (χ4n) is 2.69. The SMILES string of the molecule is COc1ccccc1OCC(=O)NCCn1nc(C(F)(F)F)cc1C1CC1. The molecular weight excluding hydrogens is 363 g/mol. The van der Waals surface area contributed by atoms with E-state index in [2.05, 4.69) is 10.4 Å². The van der Waals surface area contributed by atoms with E-state index >= 15 is 0 Å². The van der Waals surface area contributed by atoms with Crippen LogP contribution < -0.4 is 14.8 Å². The Morgan fingerprint density at radius 2 is 2.00 bits per heavy atom. The van der Waals surface area contributed by atoms with Crippen LogP contribution in [-0.4, -0.2) is 35.9 Å². The van der Waals surface area contributed by atoms with Crippen LogP contribution in [0.4, 0.5) is 13.2 Å². The fourth-order valence-corrected chi connectivity index (χ4v) is 2.69. The molecule has 0 spiro atoms. The van der Waals surface area contributed by atoms with Gasteiger partial charge >= 0.3 is 6.18 Å². The van der Waals surface area contributed by atoms with Crippen LogP contribution in [0.2, 0.25) is 0 Å². The minimum absolute atomic E-state index is 0.123. The van der Waals surface area contributed by atoms with E-state index in [-0.39, 0.29) is 31.5 Å². The Balaban J connectivity index is 1.51. The summed E-state index contributed by atoms with van der Waals surface area (Å²) >= 11 is 0. The summed E-state index contributed by atoms with van der Waals surface area (Å²) in [6, 6.07) is 8.02. The third-order valence-electron chi connectivity index (χ3n) is 4.17. The monoisotopic (exact) mass is 383 g/mol. The highest BCUT2D eigenvalue weighted by molar-refractivity contribution is 5.77. The van der Waals surface area contributed by atoms with Crippen molar-refractivity contribution in [3.63, 3.8) is 0 Å². The second-order valence-electron chi connectivity index (χ2n) is 6.24. The molecule has 1 aromatic carbocycles. The number of methoxy groups -OCH3 is 1. The number of nitrogens with one attached hydrogen (secondary N) is 1. The van der Waals surface area contributed by atoms with E-state index in [4.69, 9.17) is 9.47 Å². The molecule has 1 N–H and O–H groups in total. The number of aromatic nitrogens is 2. The number of benzene rings is 1. The minimum Gasteiger partial charge on any atom is -0.493 e. The summed E-state index contributed by atoms with van der Waals surface area (Å²) in [4.78, 5) is 11.9. The molecule has 0 saturated heterocycles. The summed E-state index contributed by atoms with van der Waals surface area (Å²) in [5.41, 5.74) is -0.322. The summed E-state index contributed by atoms with van der Waals surface area (Å²) in [5.74, 6) is 0.693. The molecule has 0 unspecified atom stereocenters. The highest BCUT2D eigenvalue weighted by atomic mass is 19.4. The number of nitrogens with zero attached hydrogens (tertiary/aromatic N) is 2. The molecule has 0 radical (unpaired) electrons. The van der Waals surface area contributed by atoms with Crippen LogP contribution in [0.15, 0.2) is 30.3 Å². The number of amides is 1. The number of halogens is 3. The molecule has 1 heterocycles. The number of hydrogen-bond donors (Lipinski definition) is 1. The zero-order chi connectivity index (χ0) is 19.4. The van der Waals surface area contributed by atoms with Crippen LogP contribution in [0.5, 0.6) is 11.5 Å². The molecule has 0 bridgehead atoms. The lowest BCUT2D eigenvalue weighted by atomic mass is 10.2. The van der Waals surface area contributed by atoms with E-state index in [0.29, 0.717) is 17.2 Å². The van der Waals surface area contributed by atoms with Crippen LogP contribution in [0.3, 0.4) is 0 Å². The Hall–Kier alpha value is -2.71. The molecule has 1 saturated carbocycles. The minimum atomic E-state index is -4.47. The van der Waals surface area contributed by atoms with Crippen LogP contribution in [0.1, 0.15) is 30.1 Å². The summed E-state index contributed by atoms with van der Waals surface area (Å²) in [5, 5.41) is 6.27. The van der Waals surface area contributed by atoms with Gasteiger partial charge in [-0.25, -0.2) is 0 Å². The standard InChI is InChI=1S/C18H20F3N3O3/c1-26-14-4-2-3-5-15(14)27-11-17(25)22-8-9-24-13(12-6-7-12)10-16(23-24)18(19,20)21/h2-5,10,12H,6-9,11H2,1H3,(H,22,25). The Kier molecular flexibility index (Phi) is 5.57. The van der Waals surface area contributed by atoms with Crippen molar-refractivity contribution >= 4 is 5.91 Å². The van der Waals surface area contributed by atoms with Gasteiger partial charge < -0.3 is 14.8 Å². The van der Waals surface area contributed by atoms with Gasteiger partial charge in [0.05, 0.1) is 13.7 Å². The maximum Gasteiger partial charge on any atom is 0.435 e. The molecule has 6 nitrogen and oxygen atoms in total. The average molecular weight is 383 g/mol. The largest absolute Gasteiger partial charge is 0.493 e. The molecule has 1 amide bonds. The maximum absolute atomic E-state index is 12.9. The van der Waals surface area contributed by atoms with Crippen molar-refractivity contribution in [1.82, 2.24) is 15.1 Å².